The average Bonchev–Trinajstić information content (AvgIpc) is 3.05. The first-order chi connectivity index (χ1) is 9.42. The van der Waals surface area contributed by atoms with Crippen LogP contribution in [0.1, 0.15) is 26.2 Å². The predicted octanol–water partition coefficient (Wildman–Crippen LogP) is 0.596. The highest BCUT2D eigenvalue weighted by Gasteiger charge is 2.47. The van der Waals surface area contributed by atoms with Crippen molar-refractivity contribution in [2.24, 2.45) is 0 Å². The first-order valence-corrected chi connectivity index (χ1v) is 6.87. The summed E-state index contributed by atoms with van der Waals surface area (Å²) >= 11 is 0. The van der Waals surface area contributed by atoms with Crippen molar-refractivity contribution < 1.29 is 28.6 Å². The zero-order valence-corrected chi connectivity index (χ0v) is 11.5. The SMILES string of the molecule is CC(OCC1CCCO1)C(=O)N1CCC(F)(C(=O)O)C1. The number of carboxylic acids is 1. The second kappa shape index (κ2) is 6.05. The van der Waals surface area contributed by atoms with Crippen molar-refractivity contribution in [2.45, 2.75) is 44.1 Å². The molecule has 6 nitrogen and oxygen atoms in total. The van der Waals surface area contributed by atoms with Gasteiger partial charge in [-0.3, -0.25) is 4.79 Å². The molecule has 3 unspecified atom stereocenters. The fourth-order valence-corrected chi connectivity index (χ4v) is 2.49. The molecule has 0 aromatic heterocycles. The van der Waals surface area contributed by atoms with E-state index in [0.717, 1.165) is 12.8 Å². The Labute approximate surface area is 116 Å². The van der Waals surface area contributed by atoms with Gasteiger partial charge in [0.25, 0.3) is 5.91 Å². The van der Waals surface area contributed by atoms with Gasteiger partial charge in [-0.1, -0.05) is 0 Å². The Balaban J connectivity index is 1.80. The third-order valence-corrected chi connectivity index (χ3v) is 3.82. The van der Waals surface area contributed by atoms with Crippen LogP contribution in [0, 0.1) is 0 Å². The number of likely N-dealkylation sites (tertiary alicyclic amines) is 1. The first-order valence-electron chi connectivity index (χ1n) is 6.87. The van der Waals surface area contributed by atoms with E-state index in [2.05, 4.69) is 0 Å². The van der Waals surface area contributed by atoms with Crippen molar-refractivity contribution in [2.75, 3.05) is 26.3 Å². The molecule has 2 saturated heterocycles. The fraction of sp³-hybridized carbons (Fsp3) is 0.846. The monoisotopic (exact) mass is 289 g/mol. The molecule has 20 heavy (non-hydrogen) atoms. The van der Waals surface area contributed by atoms with E-state index < -0.39 is 24.3 Å². The molecule has 2 fully saturated rings. The van der Waals surface area contributed by atoms with Gasteiger partial charge in [-0.25, -0.2) is 9.18 Å². The molecule has 2 rings (SSSR count). The average molecular weight is 289 g/mol. The molecule has 1 amide bonds. The minimum atomic E-state index is -2.33. The summed E-state index contributed by atoms with van der Waals surface area (Å²) in [5, 5.41) is 8.80. The molecule has 2 aliphatic rings. The molecule has 2 heterocycles. The summed E-state index contributed by atoms with van der Waals surface area (Å²) in [6.45, 7) is 2.34. The first kappa shape index (κ1) is 15.2. The van der Waals surface area contributed by atoms with Gasteiger partial charge in [0.15, 0.2) is 0 Å². The zero-order chi connectivity index (χ0) is 14.8. The van der Waals surface area contributed by atoms with E-state index in [1.165, 1.54) is 4.90 Å². The number of hydrogen-bond acceptors (Lipinski definition) is 4. The highest BCUT2D eigenvalue weighted by atomic mass is 19.1. The van der Waals surface area contributed by atoms with Gasteiger partial charge in [0.1, 0.15) is 6.10 Å². The maximum Gasteiger partial charge on any atom is 0.343 e. The lowest BCUT2D eigenvalue weighted by molar-refractivity contribution is -0.151. The Morgan fingerprint density at radius 3 is 2.90 bits per heavy atom. The van der Waals surface area contributed by atoms with Gasteiger partial charge in [0.2, 0.25) is 5.67 Å². The number of carbonyl (C=O) groups is 2. The Morgan fingerprint density at radius 1 is 1.60 bits per heavy atom. The van der Waals surface area contributed by atoms with E-state index >= 15 is 0 Å². The molecule has 0 saturated carbocycles. The summed E-state index contributed by atoms with van der Waals surface area (Å²) < 4.78 is 24.7. The molecule has 0 bridgehead atoms. The highest BCUT2D eigenvalue weighted by molar-refractivity contribution is 5.84. The second-order valence-electron chi connectivity index (χ2n) is 5.39. The van der Waals surface area contributed by atoms with Crippen molar-refractivity contribution in [3.05, 3.63) is 0 Å². The molecule has 3 atom stereocenters. The van der Waals surface area contributed by atoms with E-state index in [1.54, 1.807) is 6.92 Å². The van der Waals surface area contributed by atoms with Crippen LogP contribution in [0.2, 0.25) is 0 Å². The summed E-state index contributed by atoms with van der Waals surface area (Å²) in [6.07, 6.45) is 1.04. The molecule has 0 aromatic carbocycles. The lowest BCUT2D eigenvalue weighted by Crippen LogP contribution is -2.42. The number of alkyl halides is 1. The van der Waals surface area contributed by atoms with Gasteiger partial charge in [-0.2, -0.15) is 0 Å². The Bertz CT molecular complexity index is 385. The van der Waals surface area contributed by atoms with Crippen molar-refractivity contribution in [1.29, 1.82) is 0 Å². The molecular formula is C13H20FNO5. The normalized spacial score (nSPS) is 31.5. The summed E-state index contributed by atoms with van der Waals surface area (Å²) in [5.41, 5.74) is -2.33. The number of hydrogen-bond donors (Lipinski definition) is 1. The van der Waals surface area contributed by atoms with Crippen LogP contribution in [0.15, 0.2) is 0 Å². The quantitative estimate of drug-likeness (QED) is 0.802. The number of halogens is 1. The Kier molecular flexibility index (Phi) is 4.59. The number of carboxylic acid groups (broad SMARTS) is 1. The number of ether oxygens (including phenoxy) is 2. The molecule has 0 radical (unpaired) electrons. The minimum absolute atomic E-state index is 0.0168. The van der Waals surface area contributed by atoms with Gasteiger partial charge in [0.05, 0.1) is 19.3 Å². The maximum absolute atomic E-state index is 13.9. The van der Waals surface area contributed by atoms with E-state index in [1.807, 2.05) is 0 Å². The van der Waals surface area contributed by atoms with E-state index in [-0.39, 0.29) is 25.0 Å². The van der Waals surface area contributed by atoms with E-state index in [4.69, 9.17) is 14.6 Å². The number of carbonyl (C=O) groups excluding carboxylic acids is 1. The van der Waals surface area contributed by atoms with Crippen molar-refractivity contribution >= 4 is 11.9 Å². The van der Waals surface area contributed by atoms with Gasteiger partial charge in [-0.05, 0) is 19.8 Å². The van der Waals surface area contributed by atoms with Crippen LogP contribution in [-0.2, 0) is 19.1 Å². The van der Waals surface area contributed by atoms with Gasteiger partial charge in [-0.15, -0.1) is 0 Å². The van der Waals surface area contributed by atoms with Crippen molar-refractivity contribution in [3.8, 4) is 0 Å². The van der Waals surface area contributed by atoms with Crippen LogP contribution in [-0.4, -0.2) is 66.1 Å². The van der Waals surface area contributed by atoms with Crippen LogP contribution in [0.5, 0.6) is 0 Å². The molecule has 7 heteroatoms. The molecule has 114 valence electrons. The van der Waals surface area contributed by atoms with Gasteiger partial charge >= 0.3 is 5.97 Å². The molecule has 1 N–H and O–H groups in total. The van der Waals surface area contributed by atoms with Crippen LogP contribution in [0.25, 0.3) is 0 Å². The fourth-order valence-electron chi connectivity index (χ4n) is 2.49. The minimum Gasteiger partial charge on any atom is -0.479 e. The second-order valence-corrected chi connectivity index (χ2v) is 5.39. The van der Waals surface area contributed by atoms with Gasteiger partial charge < -0.3 is 19.5 Å². The molecule has 0 aromatic rings. The van der Waals surface area contributed by atoms with E-state index in [9.17, 15) is 14.0 Å². The molecule has 0 spiro atoms. The lowest BCUT2D eigenvalue weighted by Gasteiger charge is -2.22. The Morgan fingerprint density at radius 2 is 2.35 bits per heavy atom. The van der Waals surface area contributed by atoms with Crippen LogP contribution < -0.4 is 0 Å². The number of aliphatic carboxylic acids is 1. The number of amides is 1. The summed E-state index contributed by atoms with van der Waals surface area (Å²) in [7, 11) is 0. The molecular weight excluding hydrogens is 269 g/mol. The summed E-state index contributed by atoms with van der Waals surface area (Å²) in [6, 6.07) is 0. The zero-order valence-electron chi connectivity index (χ0n) is 11.5. The van der Waals surface area contributed by atoms with Gasteiger partial charge in [0, 0.05) is 19.6 Å². The smallest absolute Gasteiger partial charge is 0.343 e. The maximum atomic E-state index is 13.9. The Hall–Kier alpha value is -1.21. The summed E-state index contributed by atoms with van der Waals surface area (Å²) in [4.78, 5) is 24.1. The number of rotatable bonds is 5. The lowest BCUT2D eigenvalue weighted by atomic mass is 10.1. The highest BCUT2D eigenvalue weighted by Crippen LogP contribution is 2.26. The third kappa shape index (κ3) is 3.27. The standard InChI is InChI=1S/C13H20FNO5/c1-9(20-7-10-3-2-6-19-10)11(16)15-5-4-13(14,8-15)12(17)18/h9-10H,2-8H2,1H3,(H,17,18). The largest absolute Gasteiger partial charge is 0.479 e. The molecule has 2 aliphatic heterocycles. The summed E-state index contributed by atoms with van der Waals surface area (Å²) in [5.74, 6) is -1.88. The van der Waals surface area contributed by atoms with E-state index in [0.29, 0.717) is 13.2 Å². The van der Waals surface area contributed by atoms with Crippen LogP contribution in [0.3, 0.4) is 0 Å². The van der Waals surface area contributed by atoms with Crippen molar-refractivity contribution in [3.63, 3.8) is 0 Å². The van der Waals surface area contributed by atoms with Crippen LogP contribution in [0.4, 0.5) is 4.39 Å². The topological polar surface area (TPSA) is 76.1 Å². The van der Waals surface area contributed by atoms with Crippen LogP contribution >= 0.6 is 0 Å². The molecule has 0 aliphatic carbocycles. The predicted molar refractivity (Wildman–Crippen MR) is 67.1 cm³/mol. The third-order valence-electron chi connectivity index (χ3n) is 3.82. The number of nitrogens with zero attached hydrogens (tertiary/aromatic N) is 1. The van der Waals surface area contributed by atoms with Crippen molar-refractivity contribution in [1.82, 2.24) is 4.90 Å².